The number of urea groups is 1. The molecule has 1 aromatic rings. The van der Waals surface area contributed by atoms with Gasteiger partial charge in [-0.3, -0.25) is 4.79 Å². The minimum Gasteiger partial charge on any atom is -0.454 e. The fourth-order valence-corrected chi connectivity index (χ4v) is 5.90. The second kappa shape index (κ2) is 13.5. The number of fused-ring (bicyclic) bond motifs is 1. The van der Waals surface area contributed by atoms with Crippen LogP contribution in [0.25, 0.3) is 0 Å². The van der Waals surface area contributed by atoms with Crippen LogP contribution in [0.5, 0.6) is 0 Å². The number of rotatable bonds is 11. The number of nitrogens with one attached hydrogen (secondary N) is 4. The van der Waals surface area contributed by atoms with Gasteiger partial charge in [-0.1, -0.05) is 18.6 Å². The van der Waals surface area contributed by atoms with Crippen LogP contribution in [-0.4, -0.2) is 71.5 Å². The molecule has 0 bridgehead atoms. The largest absolute Gasteiger partial charge is 0.454 e. The third kappa shape index (κ3) is 10.4. The van der Waals surface area contributed by atoms with Crippen molar-refractivity contribution in [1.29, 1.82) is 0 Å². The fourth-order valence-electron chi connectivity index (χ4n) is 4.35. The molecule has 4 atom stereocenters. The lowest BCUT2D eigenvalue weighted by Crippen LogP contribution is -2.46. The highest BCUT2D eigenvalue weighted by molar-refractivity contribution is 8.00. The number of alkyl carbamates (subject to hydrolysis) is 1. The Morgan fingerprint density at radius 3 is 2.45 bits per heavy atom. The van der Waals surface area contributed by atoms with E-state index in [0.29, 0.717) is 29.3 Å². The van der Waals surface area contributed by atoms with Gasteiger partial charge in [0.05, 0.1) is 12.1 Å². The Morgan fingerprint density at radius 2 is 1.80 bits per heavy atom. The molecule has 2 saturated heterocycles. The van der Waals surface area contributed by atoms with Crippen LogP contribution in [0.1, 0.15) is 52.0 Å². The SMILES string of the molecule is CC(C)(C)OC(=O)N[C@@H](Cc1ccc(NC(=O)CCCC[C@@H]2SC[C@@H]3NC(=O)N[C@@H]32)cc1)C(=O)OCC(F)(F)F. The van der Waals surface area contributed by atoms with E-state index in [2.05, 4.69) is 26.0 Å². The molecule has 0 radical (unpaired) electrons. The summed E-state index contributed by atoms with van der Waals surface area (Å²) in [4.78, 5) is 48.3. The van der Waals surface area contributed by atoms with Crippen molar-refractivity contribution in [2.75, 3.05) is 17.7 Å². The van der Waals surface area contributed by atoms with Crippen molar-refractivity contribution in [3.8, 4) is 0 Å². The number of halogens is 3. The fraction of sp³-hybridized carbons (Fsp3) is 0.615. The van der Waals surface area contributed by atoms with Crippen LogP contribution in [-0.2, 0) is 25.5 Å². The topological polar surface area (TPSA) is 135 Å². The minimum atomic E-state index is -4.71. The lowest BCUT2D eigenvalue weighted by molar-refractivity contribution is -0.187. The summed E-state index contributed by atoms with van der Waals surface area (Å²) in [7, 11) is 0. The number of carbonyl (C=O) groups excluding carboxylic acids is 4. The number of anilines is 1. The highest BCUT2D eigenvalue weighted by atomic mass is 32.2. The highest BCUT2D eigenvalue weighted by Crippen LogP contribution is 2.33. The van der Waals surface area contributed by atoms with Crippen LogP contribution in [0.15, 0.2) is 24.3 Å². The van der Waals surface area contributed by atoms with E-state index < -0.39 is 36.5 Å². The molecule has 0 saturated carbocycles. The summed E-state index contributed by atoms with van der Waals surface area (Å²) in [5, 5.41) is 11.3. The number of thioether (sulfide) groups is 1. The van der Waals surface area contributed by atoms with Gasteiger partial charge in [-0.2, -0.15) is 24.9 Å². The summed E-state index contributed by atoms with van der Waals surface area (Å²) in [6, 6.07) is 5.15. The predicted molar refractivity (Wildman–Crippen MR) is 143 cm³/mol. The molecule has 2 heterocycles. The number of hydrogen-bond acceptors (Lipinski definition) is 7. The zero-order valence-corrected chi connectivity index (χ0v) is 23.4. The molecule has 2 aliphatic heterocycles. The average molecular weight is 589 g/mol. The van der Waals surface area contributed by atoms with Gasteiger partial charge in [0.25, 0.3) is 0 Å². The Kier molecular flexibility index (Phi) is 10.6. The van der Waals surface area contributed by atoms with Crippen LogP contribution < -0.4 is 21.3 Å². The van der Waals surface area contributed by atoms with E-state index in [1.54, 1.807) is 45.0 Å². The number of carbonyl (C=O) groups is 4. The Morgan fingerprint density at radius 1 is 1.10 bits per heavy atom. The lowest BCUT2D eigenvalue weighted by atomic mass is 10.0. The maximum absolute atomic E-state index is 12.5. The molecule has 10 nitrogen and oxygen atoms in total. The van der Waals surface area contributed by atoms with E-state index in [1.165, 1.54) is 0 Å². The van der Waals surface area contributed by atoms with Crippen LogP contribution in [0.3, 0.4) is 0 Å². The smallest absolute Gasteiger partial charge is 0.422 e. The predicted octanol–water partition coefficient (Wildman–Crippen LogP) is 3.89. The summed E-state index contributed by atoms with van der Waals surface area (Å²) < 4.78 is 47.0. The summed E-state index contributed by atoms with van der Waals surface area (Å²) >= 11 is 1.83. The molecule has 0 aliphatic carbocycles. The maximum atomic E-state index is 12.5. The minimum absolute atomic E-state index is 0.123. The van der Waals surface area contributed by atoms with Gasteiger partial charge in [0, 0.05) is 29.5 Å². The number of esters is 1. The van der Waals surface area contributed by atoms with E-state index in [1.807, 2.05) is 11.8 Å². The second-order valence-electron chi connectivity index (χ2n) is 10.7. The zero-order valence-electron chi connectivity index (χ0n) is 22.6. The third-order valence-electron chi connectivity index (χ3n) is 6.11. The van der Waals surface area contributed by atoms with Crippen molar-refractivity contribution in [2.24, 2.45) is 0 Å². The first-order valence-electron chi connectivity index (χ1n) is 13.0. The summed E-state index contributed by atoms with van der Waals surface area (Å²) in [5.74, 6) is -0.531. The highest BCUT2D eigenvalue weighted by Gasteiger charge is 2.42. The molecule has 0 aromatic heterocycles. The van der Waals surface area contributed by atoms with E-state index in [4.69, 9.17) is 4.74 Å². The van der Waals surface area contributed by atoms with Crippen LogP contribution >= 0.6 is 11.8 Å². The number of unbranched alkanes of at least 4 members (excludes halogenated alkanes) is 1. The van der Waals surface area contributed by atoms with Gasteiger partial charge >= 0.3 is 24.3 Å². The van der Waals surface area contributed by atoms with Gasteiger partial charge in [-0.15, -0.1) is 0 Å². The summed E-state index contributed by atoms with van der Waals surface area (Å²) in [5.41, 5.74) is 0.149. The van der Waals surface area contributed by atoms with E-state index in [0.717, 1.165) is 18.6 Å². The molecule has 0 spiro atoms. The van der Waals surface area contributed by atoms with E-state index in [9.17, 15) is 32.3 Å². The molecule has 0 unspecified atom stereocenters. The first-order chi connectivity index (χ1) is 18.7. The molecule has 40 heavy (non-hydrogen) atoms. The lowest BCUT2D eigenvalue weighted by Gasteiger charge is -2.23. The third-order valence-corrected chi connectivity index (χ3v) is 7.62. The van der Waals surface area contributed by atoms with Crippen molar-refractivity contribution < 1.29 is 41.8 Å². The average Bonchev–Trinajstić information content (AvgIpc) is 3.38. The monoisotopic (exact) mass is 588 g/mol. The standard InChI is InChI=1S/C26H35F3N4O6S/c1-25(2,3)39-24(37)32-17(22(35)38-14-26(27,28)29)12-15-8-10-16(11-9-15)30-20(34)7-5-4-6-19-21-18(13-40-19)31-23(36)33-21/h8-11,17-19,21H,4-7,12-14H2,1-3H3,(H,30,34)(H,32,37)(H2,31,33,36)/t17-,18-,19-,21-/m0/s1. The number of hydrogen-bond donors (Lipinski definition) is 4. The number of alkyl halides is 3. The molecule has 1 aromatic carbocycles. The van der Waals surface area contributed by atoms with Crippen LogP contribution in [0.4, 0.5) is 28.4 Å². The summed E-state index contributed by atoms with van der Waals surface area (Å²) in [6.45, 7) is 3.04. The Balaban J connectivity index is 1.46. The first kappa shape index (κ1) is 31.4. The Labute approximate surface area is 234 Å². The molecule has 4 N–H and O–H groups in total. The van der Waals surface area contributed by atoms with Gasteiger partial charge in [-0.25, -0.2) is 14.4 Å². The molecular weight excluding hydrogens is 553 g/mol. The second-order valence-corrected chi connectivity index (χ2v) is 12.0. The molecular formula is C26H35F3N4O6S. The quantitative estimate of drug-likeness (QED) is 0.175. The zero-order chi connectivity index (χ0) is 29.5. The van der Waals surface area contributed by atoms with Crippen molar-refractivity contribution in [2.45, 2.75) is 88.0 Å². The van der Waals surface area contributed by atoms with Gasteiger partial charge in [0.15, 0.2) is 6.61 Å². The Hall–Kier alpha value is -3.16. The van der Waals surface area contributed by atoms with Gasteiger partial charge in [0.2, 0.25) is 5.91 Å². The van der Waals surface area contributed by atoms with Crippen molar-refractivity contribution in [3.63, 3.8) is 0 Å². The molecule has 2 aliphatic rings. The summed E-state index contributed by atoms with van der Waals surface area (Å²) in [6.07, 6.45) is -3.07. The van der Waals surface area contributed by atoms with Crippen LogP contribution in [0, 0.1) is 0 Å². The van der Waals surface area contributed by atoms with E-state index in [-0.39, 0.29) is 30.4 Å². The molecule has 2 fully saturated rings. The molecule has 14 heteroatoms. The molecule has 3 rings (SSSR count). The van der Waals surface area contributed by atoms with Gasteiger partial charge in [-0.05, 0) is 51.3 Å². The normalized spacial score (nSPS) is 21.1. The van der Waals surface area contributed by atoms with Crippen molar-refractivity contribution >= 4 is 41.5 Å². The molecule has 222 valence electrons. The van der Waals surface area contributed by atoms with Crippen molar-refractivity contribution in [3.05, 3.63) is 29.8 Å². The number of amides is 4. The van der Waals surface area contributed by atoms with Crippen LogP contribution in [0.2, 0.25) is 0 Å². The number of ether oxygens (including phenoxy) is 2. The van der Waals surface area contributed by atoms with E-state index >= 15 is 0 Å². The van der Waals surface area contributed by atoms with Gasteiger partial charge in [0.1, 0.15) is 11.6 Å². The maximum Gasteiger partial charge on any atom is 0.422 e. The Bertz CT molecular complexity index is 1060. The molecule has 4 amide bonds. The van der Waals surface area contributed by atoms with Gasteiger partial charge < -0.3 is 30.7 Å². The van der Waals surface area contributed by atoms with Crippen molar-refractivity contribution in [1.82, 2.24) is 16.0 Å². The number of benzene rings is 1. The first-order valence-corrected chi connectivity index (χ1v) is 14.0.